The Bertz CT molecular complexity index is 173. The largest absolute Gasteiger partial charge is 0.394 e. The number of likely N-dealkylation sites (N-methyl/N-ethyl adjacent to an activating group) is 2. The first-order valence-corrected chi connectivity index (χ1v) is 7.04. The minimum absolute atomic E-state index is 0.0839. The van der Waals surface area contributed by atoms with Crippen molar-refractivity contribution in [3.8, 4) is 0 Å². The lowest BCUT2D eigenvalue weighted by Gasteiger charge is -2.16. The topological polar surface area (TPSA) is 63.2 Å². The van der Waals surface area contributed by atoms with Gasteiger partial charge in [-0.05, 0) is 13.6 Å². The number of nitrogens with one attached hydrogen (secondary N) is 1. The number of rotatable bonds is 15. The summed E-state index contributed by atoms with van der Waals surface area (Å²) < 4.78 is 16.0. The van der Waals surface area contributed by atoms with Crippen molar-refractivity contribution in [2.24, 2.45) is 0 Å². The summed E-state index contributed by atoms with van der Waals surface area (Å²) in [6.07, 6.45) is 0. The minimum Gasteiger partial charge on any atom is -0.394 e. The van der Waals surface area contributed by atoms with Gasteiger partial charge in [-0.2, -0.15) is 0 Å². The molecule has 0 saturated heterocycles. The third kappa shape index (κ3) is 15.7. The number of hydrogen-bond donors (Lipinski definition) is 2. The van der Waals surface area contributed by atoms with Crippen LogP contribution < -0.4 is 5.32 Å². The molecule has 0 aromatic rings. The van der Waals surface area contributed by atoms with Crippen LogP contribution in [0.15, 0.2) is 0 Å². The van der Waals surface area contributed by atoms with E-state index in [1.54, 1.807) is 0 Å². The predicted octanol–water partition coefficient (Wildman–Crippen LogP) is -0.430. The molecule has 19 heavy (non-hydrogen) atoms. The quantitative estimate of drug-likeness (QED) is 0.396. The second-order valence-electron chi connectivity index (χ2n) is 4.22. The Balaban J connectivity index is 3.07. The molecular formula is C13H30N2O4. The van der Waals surface area contributed by atoms with Crippen molar-refractivity contribution in [2.45, 2.75) is 6.92 Å². The molecule has 6 nitrogen and oxygen atoms in total. The van der Waals surface area contributed by atoms with Gasteiger partial charge < -0.3 is 29.5 Å². The van der Waals surface area contributed by atoms with E-state index in [9.17, 15) is 0 Å². The summed E-state index contributed by atoms with van der Waals surface area (Å²) in [6, 6.07) is 0. The summed E-state index contributed by atoms with van der Waals surface area (Å²) in [4.78, 5) is 2.14. The molecule has 2 N–H and O–H groups in total. The minimum atomic E-state index is 0.0839. The van der Waals surface area contributed by atoms with Gasteiger partial charge in [-0.1, -0.05) is 6.92 Å². The van der Waals surface area contributed by atoms with Crippen LogP contribution in [0.4, 0.5) is 0 Å². The zero-order valence-electron chi connectivity index (χ0n) is 12.4. The van der Waals surface area contributed by atoms with E-state index in [1.165, 1.54) is 0 Å². The maximum Gasteiger partial charge on any atom is 0.0701 e. The Hall–Kier alpha value is -0.240. The molecule has 6 heteroatoms. The summed E-state index contributed by atoms with van der Waals surface area (Å²) in [6.45, 7) is 9.54. The van der Waals surface area contributed by atoms with Crippen LogP contribution in [0.5, 0.6) is 0 Å². The molecule has 0 bridgehead atoms. The van der Waals surface area contributed by atoms with Gasteiger partial charge in [-0.15, -0.1) is 0 Å². The van der Waals surface area contributed by atoms with Crippen LogP contribution in [0, 0.1) is 0 Å². The lowest BCUT2D eigenvalue weighted by Crippen LogP contribution is -2.28. The van der Waals surface area contributed by atoms with Gasteiger partial charge in [0.25, 0.3) is 0 Å². The predicted molar refractivity (Wildman–Crippen MR) is 75.6 cm³/mol. The fraction of sp³-hybridized carbons (Fsp3) is 1.00. The summed E-state index contributed by atoms with van der Waals surface area (Å²) in [5.41, 5.74) is 0. The molecule has 0 rings (SSSR count). The Kier molecular flexibility index (Phi) is 15.6. The molecule has 116 valence electrons. The lowest BCUT2D eigenvalue weighted by atomic mass is 10.5. The summed E-state index contributed by atoms with van der Waals surface area (Å²) in [7, 11) is 2.03. The number of aliphatic hydroxyl groups is 1. The molecule has 0 spiro atoms. The van der Waals surface area contributed by atoms with Crippen molar-refractivity contribution in [1.82, 2.24) is 10.2 Å². The molecule has 0 unspecified atom stereocenters. The van der Waals surface area contributed by atoms with Crippen molar-refractivity contribution in [2.75, 3.05) is 79.5 Å². The molecule has 0 fully saturated rings. The first-order valence-electron chi connectivity index (χ1n) is 7.04. The summed E-state index contributed by atoms with van der Waals surface area (Å²) >= 11 is 0. The summed E-state index contributed by atoms with van der Waals surface area (Å²) in [5, 5.41) is 11.7. The van der Waals surface area contributed by atoms with E-state index in [1.807, 2.05) is 7.05 Å². The third-order valence-electron chi connectivity index (χ3n) is 2.52. The van der Waals surface area contributed by atoms with Crippen LogP contribution in [0.1, 0.15) is 6.92 Å². The van der Waals surface area contributed by atoms with Crippen molar-refractivity contribution < 1.29 is 19.3 Å². The Labute approximate surface area is 117 Å². The third-order valence-corrected chi connectivity index (χ3v) is 2.52. The van der Waals surface area contributed by atoms with E-state index in [4.69, 9.17) is 19.3 Å². The average Bonchev–Trinajstić information content (AvgIpc) is 2.42. The van der Waals surface area contributed by atoms with Crippen LogP contribution in [-0.4, -0.2) is 89.5 Å². The highest BCUT2D eigenvalue weighted by atomic mass is 16.5. The second-order valence-corrected chi connectivity index (χ2v) is 4.22. The molecular weight excluding hydrogens is 248 g/mol. The number of ether oxygens (including phenoxy) is 3. The monoisotopic (exact) mass is 278 g/mol. The number of nitrogens with zero attached hydrogens (tertiary/aromatic N) is 1. The Morgan fingerprint density at radius 1 is 0.895 bits per heavy atom. The van der Waals surface area contributed by atoms with Gasteiger partial charge in [-0.3, -0.25) is 0 Å². The zero-order valence-corrected chi connectivity index (χ0v) is 12.4. The van der Waals surface area contributed by atoms with E-state index in [2.05, 4.69) is 17.1 Å². The fourth-order valence-electron chi connectivity index (χ4n) is 1.36. The number of aliphatic hydroxyl groups excluding tert-OH is 1. The van der Waals surface area contributed by atoms with Crippen LogP contribution >= 0.6 is 0 Å². The first kappa shape index (κ1) is 18.8. The van der Waals surface area contributed by atoms with Crippen molar-refractivity contribution >= 4 is 0 Å². The van der Waals surface area contributed by atoms with Gasteiger partial charge >= 0.3 is 0 Å². The Morgan fingerprint density at radius 3 is 2.05 bits per heavy atom. The molecule has 0 radical (unpaired) electrons. The number of hydrogen-bond acceptors (Lipinski definition) is 6. The maximum absolute atomic E-state index is 8.55. The Morgan fingerprint density at radius 2 is 1.47 bits per heavy atom. The van der Waals surface area contributed by atoms with E-state index >= 15 is 0 Å². The molecule has 0 atom stereocenters. The molecule has 0 aromatic heterocycles. The maximum atomic E-state index is 8.55. The van der Waals surface area contributed by atoms with E-state index in [0.29, 0.717) is 33.0 Å². The van der Waals surface area contributed by atoms with Gasteiger partial charge in [0.05, 0.1) is 46.2 Å². The first-order chi connectivity index (χ1) is 9.31. The summed E-state index contributed by atoms with van der Waals surface area (Å²) in [5.74, 6) is 0. The molecule has 0 aromatic carbocycles. The SMILES string of the molecule is CCNCCOCCOCCN(C)CCOCCO. The lowest BCUT2D eigenvalue weighted by molar-refractivity contribution is 0.0361. The highest BCUT2D eigenvalue weighted by Gasteiger charge is 1.98. The molecule has 0 aliphatic rings. The van der Waals surface area contributed by atoms with Gasteiger partial charge in [0, 0.05) is 19.6 Å². The molecule has 0 aliphatic heterocycles. The highest BCUT2D eigenvalue weighted by molar-refractivity contribution is 4.49. The molecule has 0 saturated carbocycles. The van der Waals surface area contributed by atoms with Crippen LogP contribution in [0.3, 0.4) is 0 Å². The van der Waals surface area contributed by atoms with E-state index < -0.39 is 0 Å². The van der Waals surface area contributed by atoms with Gasteiger partial charge in [-0.25, -0.2) is 0 Å². The molecule has 0 amide bonds. The van der Waals surface area contributed by atoms with Gasteiger partial charge in [0.1, 0.15) is 0 Å². The van der Waals surface area contributed by atoms with Gasteiger partial charge in [0.15, 0.2) is 0 Å². The standard InChI is InChI=1S/C13H30N2O4/c1-3-14-4-8-17-12-13-19-10-6-15(2)5-9-18-11-7-16/h14,16H,3-13H2,1-2H3. The molecule has 0 heterocycles. The highest BCUT2D eigenvalue weighted by Crippen LogP contribution is 1.85. The van der Waals surface area contributed by atoms with Crippen molar-refractivity contribution in [3.63, 3.8) is 0 Å². The normalized spacial score (nSPS) is 11.4. The molecule has 0 aliphatic carbocycles. The van der Waals surface area contributed by atoms with E-state index in [-0.39, 0.29) is 6.61 Å². The van der Waals surface area contributed by atoms with Crippen LogP contribution in [0.2, 0.25) is 0 Å². The second kappa shape index (κ2) is 15.8. The smallest absolute Gasteiger partial charge is 0.0701 e. The van der Waals surface area contributed by atoms with Gasteiger partial charge in [0.2, 0.25) is 0 Å². The fourth-order valence-corrected chi connectivity index (χ4v) is 1.36. The van der Waals surface area contributed by atoms with Crippen molar-refractivity contribution in [3.05, 3.63) is 0 Å². The van der Waals surface area contributed by atoms with E-state index in [0.717, 1.165) is 32.8 Å². The van der Waals surface area contributed by atoms with Crippen LogP contribution in [-0.2, 0) is 14.2 Å². The zero-order chi connectivity index (χ0) is 14.2. The van der Waals surface area contributed by atoms with Crippen molar-refractivity contribution in [1.29, 1.82) is 0 Å². The average molecular weight is 278 g/mol. The van der Waals surface area contributed by atoms with Crippen LogP contribution in [0.25, 0.3) is 0 Å².